The minimum atomic E-state index is -0.287. The van der Waals surface area contributed by atoms with Crippen molar-refractivity contribution in [2.75, 3.05) is 25.1 Å². The molecule has 0 amide bonds. The number of hydrogen-bond acceptors (Lipinski definition) is 4. The van der Waals surface area contributed by atoms with Crippen molar-refractivity contribution in [2.24, 2.45) is 5.73 Å². The summed E-state index contributed by atoms with van der Waals surface area (Å²) >= 11 is 0. The maximum absolute atomic E-state index is 11.2. The molecule has 2 rings (SSSR count). The van der Waals surface area contributed by atoms with Crippen LogP contribution in [-0.2, 0) is 9.53 Å². The van der Waals surface area contributed by atoms with E-state index in [4.69, 9.17) is 5.73 Å². The Hall–Kier alpha value is -1.26. The molecule has 0 aliphatic carbocycles. The van der Waals surface area contributed by atoms with Crippen LogP contribution in [0.15, 0.2) is 24.3 Å². The van der Waals surface area contributed by atoms with Crippen molar-refractivity contribution in [3.63, 3.8) is 0 Å². The zero-order valence-electron chi connectivity index (χ0n) is 11.2. The van der Waals surface area contributed by atoms with Crippen LogP contribution in [-0.4, -0.2) is 26.2 Å². The number of methoxy groups -OCH3 is 1. The standard InChI is InChI=1S/C14H20N2O2.ClH/c1-18-14(17)10-13(15)11-4-6-12(7-5-11)16-8-2-3-9-16;/h4-7,13H,2-3,8-10,15H2,1H3;1H/t13-;/m0./s1. The molecular weight excluding hydrogens is 264 g/mol. The van der Waals surface area contributed by atoms with E-state index in [0.717, 1.165) is 18.7 Å². The second kappa shape index (κ2) is 7.36. The van der Waals surface area contributed by atoms with Gasteiger partial charge in [0.1, 0.15) is 0 Å². The summed E-state index contributed by atoms with van der Waals surface area (Å²) in [6, 6.07) is 7.88. The molecule has 0 unspecified atom stereocenters. The number of ether oxygens (including phenoxy) is 1. The normalized spacial score (nSPS) is 15.8. The van der Waals surface area contributed by atoms with Crippen LogP contribution < -0.4 is 10.6 Å². The average Bonchev–Trinajstić information content (AvgIpc) is 2.92. The third kappa shape index (κ3) is 4.11. The summed E-state index contributed by atoms with van der Waals surface area (Å²) in [5, 5.41) is 0. The number of nitrogens with two attached hydrogens (primary N) is 1. The van der Waals surface area contributed by atoms with Crippen molar-refractivity contribution >= 4 is 24.1 Å². The predicted octanol–water partition coefficient (Wildman–Crippen LogP) is 2.27. The third-order valence-corrected chi connectivity index (χ3v) is 3.41. The molecule has 1 fully saturated rings. The average molecular weight is 285 g/mol. The van der Waals surface area contributed by atoms with Crippen molar-refractivity contribution in [2.45, 2.75) is 25.3 Å². The lowest BCUT2D eigenvalue weighted by Crippen LogP contribution is -2.18. The molecule has 0 aromatic heterocycles. The molecule has 0 spiro atoms. The Bertz CT molecular complexity index is 402. The Morgan fingerprint density at radius 1 is 1.32 bits per heavy atom. The van der Waals surface area contributed by atoms with Crippen LogP contribution in [0, 0.1) is 0 Å². The maximum Gasteiger partial charge on any atom is 0.307 e. The molecular formula is C14H21ClN2O2. The highest BCUT2D eigenvalue weighted by molar-refractivity contribution is 5.85. The minimum absolute atomic E-state index is 0. The highest BCUT2D eigenvalue weighted by atomic mass is 35.5. The van der Waals surface area contributed by atoms with E-state index in [-0.39, 0.29) is 30.8 Å². The van der Waals surface area contributed by atoms with Gasteiger partial charge in [0, 0.05) is 24.8 Å². The fourth-order valence-electron chi connectivity index (χ4n) is 2.29. The molecule has 0 saturated carbocycles. The number of carbonyl (C=O) groups excluding carboxylic acids is 1. The predicted molar refractivity (Wildman–Crippen MR) is 78.7 cm³/mol. The molecule has 0 radical (unpaired) electrons. The number of anilines is 1. The minimum Gasteiger partial charge on any atom is -0.469 e. The van der Waals surface area contributed by atoms with E-state index < -0.39 is 0 Å². The van der Waals surface area contributed by atoms with Gasteiger partial charge in [0.25, 0.3) is 0 Å². The van der Waals surface area contributed by atoms with Crippen LogP contribution in [0.1, 0.15) is 30.9 Å². The van der Waals surface area contributed by atoms with Gasteiger partial charge in [-0.3, -0.25) is 4.79 Å². The van der Waals surface area contributed by atoms with Gasteiger partial charge in [-0.15, -0.1) is 12.4 Å². The maximum atomic E-state index is 11.2. The van der Waals surface area contributed by atoms with Gasteiger partial charge in [-0.2, -0.15) is 0 Å². The molecule has 5 heteroatoms. The van der Waals surface area contributed by atoms with Crippen LogP contribution >= 0.6 is 12.4 Å². The number of nitrogens with zero attached hydrogens (tertiary/aromatic N) is 1. The largest absolute Gasteiger partial charge is 0.469 e. The zero-order valence-corrected chi connectivity index (χ0v) is 12.0. The quantitative estimate of drug-likeness (QED) is 0.862. The van der Waals surface area contributed by atoms with Gasteiger partial charge in [0.05, 0.1) is 13.5 Å². The van der Waals surface area contributed by atoms with Gasteiger partial charge >= 0.3 is 5.97 Å². The molecule has 1 aromatic rings. The van der Waals surface area contributed by atoms with Crippen LogP contribution in [0.4, 0.5) is 5.69 Å². The van der Waals surface area contributed by atoms with Gasteiger partial charge in [0.15, 0.2) is 0 Å². The van der Waals surface area contributed by atoms with Crippen LogP contribution in [0.3, 0.4) is 0 Å². The number of halogens is 1. The fourth-order valence-corrected chi connectivity index (χ4v) is 2.29. The topological polar surface area (TPSA) is 55.6 Å². The summed E-state index contributed by atoms with van der Waals surface area (Å²) in [6.45, 7) is 2.27. The first-order chi connectivity index (χ1) is 8.70. The Kier molecular flexibility index (Phi) is 6.12. The van der Waals surface area contributed by atoms with Gasteiger partial charge in [-0.25, -0.2) is 0 Å². The van der Waals surface area contributed by atoms with E-state index >= 15 is 0 Å². The van der Waals surface area contributed by atoms with E-state index in [9.17, 15) is 4.79 Å². The first kappa shape index (κ1) is 15.8. The van der Waals surface area contributed by atoms with Gasteiger partial charge in [-0.05, 0) is 30.5 Å². The van der Waals surface area contributed by atoms with Crippen molar-refractivity contribution in [1.82, 2.24) is 0 Å². The van der Waals surface area contributed by atoms with E-state index in [1.807, 2.05) is 12.1 Å². The summed E-state index contributed by atoms with van der Waals surface area (Å²) in [4.78, 5) is 13.5. The molecule has 1 aliphatic rings. The summed E-state index contributed by atoms with van der Waals surface area (Å²) in [5.41, 5.74) is 8.17. The summed E-state index contributed by atoms with van der Waals surface area (Å²) in [6.07, 6.45) is 2.76. The second-order valence-corrected chi connectivity index (χ2v) is 4.67. The highest BCUT2D eigenvalue weighted by Gasteiger charge is 2.14. The number of carbonyl (C=O) groups is 1. The molecule has 1 atom stereocenters. The first-order valence-corrected chi connectivity index (χ1v) is 6.38. The molecule has 4 nitrogen and oxygen atoms in total. The number of rotatable bonds is 4. The summed E-state index contributed by atoms with van der Waals surface area (Å²) < 4.78 is 4.62. The van der Waals surface area contributed by atoms with Crippen molar-refractivity contribution < 1.29 is 9.53 Å². The SMILES string of the molecule is COC(=O)C[C@H](N)c1ccc(N2CCCC2)cc1.Cl. The molecule has 0 bridgehead atoms. The Morgan fingerprint density at radius 3 is 2.42 bits per heavy atom. The molecule has 2 N–H and O–H groups in total. The lowest BCUT2D eigenvalue weighted by molar-refractivity contribution is -0.141. The second-order valence-electron chi connectivity index (χ2n) is 4.67. The van der Waals surface area contributed by atoms with Crippen LogP contribution in [0.5, 0.6) is 0 Å². The molecule has 1 saturated heterocycles. The van der Waals surface area contributed by atoms with Crippen molar-refractivity contribution in [3.05, 3.63) is 29.8 Å². The molecule has 1 heterocycles. The van der Waals surface area contributed by atoms with E-state index in [1.54, 1.807) is 0 Å². The molecule has 19 heavy (non-hydrogen) atoms. The molecule has 106 valence electrons. The third-order valence-electron chi connectivity index (χ3n) is 3.41. The Balaban J connectivity index is 0.00000180. The zero-order chi connectivity index (χ0) is 13.0. The van der Waals surface area contributed by atoms with Gasteiger partial charge < -0.3 is 15.4 Å². The Labute approximate surface area is 120 Å². The van der Waals surface area contributed by atoms with Crippen LogP contribution in [0.25, 0.3) is 0 Å². The lowest BCUT2D eigenvalue weighted by Gasteiger charge is -2.18. The van der Waals surface area contributed by atoms with Crippen LogP contribution in [0.2, 0.25) is 0 Å². The summed E-state index contributed by atoms with van der Waals surface area (Å²) in [5.74, 6) is -0.272. The Morgan fingerprint density at radius 2 is 1.89 bits per heavy atom. The fraction of sp³-hybridized carbons (Fsp3) is 0.500. The number of benzene rings is 1. The number of hydrogen-bond donors (Lipinski definition) is 1. The molecule has 1 aromatic carbocycles. The highest BCUT2D eigenvalue weighted by Crippen LogP contribution is 2.23. The van der Waals surface area contributed by atoms with Gasteiger partial charge in [0.2, 0.25) is 0 Å². The molecule has 1 aliphatic heterocycles. The van der Waals surface area contributed by atoms with E-state index in [2.05, 4.69) is 21.8 Å². The van der Waals surface area contributed by atoms with Crippen molar-refractivity contribution in [1.29, 1.82) is 0 Å². The number of esters is 1. The van der Waals surface area contributed by atoms with Gasteiger partial charge in [-0.1, -0.05) is 12.1 Å². The van der Waals surface area contributed by atoms with Crippen molar-refractivity contribution in [3.8, 4) is 0 Å². The monoisotopic (exact) mass is 284 g/mol. The van der Waals surface area contributed by atoms with E-state index in [0.29, 0.717) is 0 Å². The summed E-state index contributed by atoms with van der Waals surface area (Å²) in [7, 11) is 1.38. The lowest BCUT2D eigenvalue weighted by atomic mass is 10.0. The first-order valence-electron chi connectivity index (χ1n) is 6.38. The smallest absolute Gasteiger partial charge is 0.307 e. The van der Waals surface area contributed by atoms with E-state index in [1.165, 1.54) is 25.6 Å².